The fourth-order valence-corrected chi connectivity index (χ4v) is 5.46. The molecule has 0 aromatic heterocycles. The zero-order valence-electron chi connectivity index (χ0n) is 16.8. The number of alkyl halides is 3. The van der Waals surface area contributed by atoms with Gasteiger partial charge in [-0.3, -0.25) is 0 Å². The van der Waals surface area contributed by atoms with Crippen molar-refractivity contribution in [2.24, 2.45) is 0 Å². The summed E-state index contributed by atoms with van der Waals surface area (Å²) in [6, 6.07) is 29.9. The van der Waals surface area contributed by atoms with Crippen LogP contribution in [0.2, 0.25) is 0 Å². The molecule has 0 heterocycles. The topological polar surface area (TPSA) is 9.23 Å². The van der Waals surface area contributed by atoms with Gasteiger partial charge in [-0.05, 0) is 35.4 Å². The Kier molecular flexibility index (Phi) is 6.05. The number of ether oxygens (including phenoxy) is 1. The molecule has 0 spiro atoms. The average molecular weight is 438 g/mol. The first-order chi connectivity index (χ1) is 15.0. The predicted octanol–water partition coefficient (Wildman–Crippen LogP) is 7.59. The van der Waals surface area contributed by atoms with Crippen LogP contribution in [0.3, 0.4) is 0 Å². The monoisotopic (exact) mass is 437 g/mol. The van der Waals surface area contributed by atoms with Crippen molar-refractivity contribution in [3.05, 3.63) is 103 Å². The Hall–Kier alpha value is -3.18. The van der Waals surface area contributed by atoms with Gasteiger partial charge in [0.05, 0.1) is 7.11 Å². The Morgan fingerprint density at radius 1 is 0.613 bits per heavy atom. The van der Waals surface area contributed by atoms with Crippen molar-refractivity contribution in [1.29, 1.82) is 0 Å². The van der Waals surface area contributed by atoms with Crippen molar-refractivity contribution in [3.8, 4) is 28.0 Å². The number of rotatable bonds is 5. The molecule has 1 nitrogen and oxygen atoms in total. The van der Waals surface area contributed by atoms with Crippen molar-refractivity contribution < 1.29 is 17.9 Å². The second kappa shape index (κ2) is 8.90. The molecule has 0 aliphatic rings. The van der Waals surface area contributed by atoms with Gasteiger partial charge in [-0.15, -0.1) is 13.2 Å². The van der Waals surface area contributed by atoms with E-state index < -0.39 is 16.4 Å². The zero-order chi connectivity index (χ0) is 21.8. The van der Waals surface area contributed by atoms with E-state index in [-0.39, 0.29) is 9.79 Å². The van der Waals surface area contributed by atoms with Gasteiger partial charge in [-0.25, -0.2) is 0 Å². The second-order valence-corrected chi connectivity index (χ2v) is 8.80. The van der Waals surface area contributed by atoms with Gasteiger partial charge < -0.3 is 4.74 Å². The molecule has 0 saturated carbocycles. The number of hydrogen-bond acceptors (Lipinski definition) is 1. The summed E-state index contributed by atoms with van der Waals surface area (Å²) in [5.74, 6) is 0.535. The van der Waals surface area contributed by atoms with Crippen molar-refractivity contribution in [2.75, 3.05) is 7.11 Å². The lowest BCUT2D eigenvalue weighted by Crippen LogP contribution is -2.25. The SMILES string of the molecule is COc1ccc([S+](c2ccccc2)C(F)(F)F)c(-c2ccccc2)c1-c1ccccc1. The number of hydrogen-bond donors (Lipinski definition) is 0. The molecule has 4 rings (SSSR count). The van der Waals surface area contributed by atoms with Crippen LogP contribution >= 0.6 is 0 Å². The van der Waals surface area contributed by atoms with Gasteiger partial charge >= 0.3 is 5.51 Å². The third kappa shape index (κ3) is 4.32. The minimum atomic E-state index is -4.44. The maximum atomic E-state index is 14.5. The van der Waals surface area contributed by atoms with E-state index in [0.29, 0.717) is 22.4 Å². The Balaban J connectivity index is 2.10. The van der Waals surface area contributed by atoms with E-state index in [1.807, 2.05) is 60.7 Å². The van der Waals surface area contributed by atoms with Crippen molar-refractivity contribution >= 4 is 10.9 Å². The van der Waals surface area contributed by atoms with Crippen LogP contribution in [-0.2, 0) is 10.9 Å². The quantitative estimate of drug-likeness (QED) is 0.292. The summed E-state index contributed by atoms with van der Waals surface area (Å²) in [4.78, 5) is 0.459. The lowest BCUT2D eigenvalue weighted by atomic mass is 9.93. The Morgan fingerprint density at radius 2 is 1.10 bits per heavy atom. The molecule has 0 radical (unpaired) electrons. The molecule has 0 amide bonds. The fourth-order valence-electron chi connectivity index (χ4n) is 3.63. The Labute approximate surface area is 182 Å². The molecule has 31 heavy (non-hydrogen) atoms. The molecular formula is C26H20F3OS+. The maximum absolute atomic E-state index is 14.5. The van der Waals surface area contributed by atoms with E-state index in [4.69, 9.17) is 4.74 Å². The molecule has 0 bridgehead atoms. The molecule has 156 valence electrons. The highest BCUT2D eigenvalue weighted by atomic mass is 32.2. The zero-order valence-corrected chi connectivity index (χ0v) is 17.6. The normalized spacial score (nSPS) is 12.4. The summed E-state index contributed by atoms with van der Waals surface area (Å²) in [5, 5.41) is 0. The molecule has 0 aliphatic heterocycles. The van der Waals surface area contributed by atoms with Gasteiger partial charge in [0.2, 0.25) is 0 Å². The van der Waals surface area contributed by atoms with Crippen LogP contribution in [0, 0.1) is 0 Å². The fraction of sp³-hybridized carbons (Fsp3) is 0.0769. The smallest absolute Gasteiger partial charge is 0.496 e. The number of benzene rings is 4. The maximum Gasteiger partial charge on any atom is 0.586 e. The third-order valence-electron chi connectivity index (χ3n) is 4.90. The van der Waals surface area contributed by atoms with E-state index in [1.54, 1.807) is 30.3 Å². The lowest BCUT2D eigenvalue weighted by molar-refractivity contribution is -0.0370. The van der Waals surface area contributed by atoms with Gasteiger partial charge in [0.1, 0.15) is 5.75 Å². The highest BCUT2D eigenvalue weighted by Crippen LogP contribution is 2.48. The molecule has 0 fully saturated rings. The third-order valence-corrected chi connectivity index (χ3v) is 6.89. The first kappa shape index (κ1) is 21.1. The number of halogens is 3. The van der Waals surface area contributed by atoms with Gasteiger partial charge in [-0.1, -0.05) is 78.9 Å². The van der Waals surface area contributed by atoms with E-state index in [9.17, 15) is 13.2 Å². The standard InChI is InChI=1S/C26H20F3OS/c1-30-22-17-18-23(31(26(27,28)29)21-15-9-4-10-16-21)25(20-13-7-3-8-14-20)24(22)19-11-5-2-6-12-19/h2-18H,1H3/q+1. The van der Waals surface area contributed by atoms with Crippen LogP contribution in [0.15, 0.2) is 113 Å². The molecular weight excluding hydrogens is 417 g/mol. The van der Waals surface area contributed by atoms with E-state index >= 15 is 0 Å². The molecule has 1 unspecified atom stereocenters. The lowest BCUT2D eigenvalue weighted by Gasteiger charge is -2.19. The van der Waals surface area contributed by atoms with E-state index in [0.717, 1.165) is 5.56 Å². The molecule has 4 aromatic carbocycles. The van der Waals surface area contributed by atoms with Crippen LogP contribution in [0.5, 0.6) is 5.75 Å². The average Bonchev–Trinajstić information content (AvgIpc) is 2.80. The van der Waals surface area contributed by atoms with Crippen molar-refractivity contribution in [2.45, 2.75) is 15.3 Å². The van der Waals surface area contributed by atoms with Gasteiger partial charge in [0.25, 0.3) is 0 Å². The van der Waals surface area contributed by atoms with Crippen LogP contribution < -0.4 is 4.74 Å². The highest BCUT2D eigenvalue weighted by molar-refractivity contribution is 7.98. The first-order valence-corrected chi connectivity index (χ1v) is 10.9. The molecule has 1 atom stereocenters. The summed E-state index contributed by atoms with van der Waals surface area (Å²) >= 11 is 0. The molecule has 0 N–H and O–H groups in total. The largest absolute Gasteiger partial charge is 0.586 e. The summed E-state index contributed by atoms with van der Waals surface area (Å²) < 4.78 is 49.1. The van der Waals surface area contributed by atoms with E-state index in [1.165, 1.54) is 19.2 Å². The number of methoxy groups -OCH3 is 1. The van der Waals surface area contributed by atoms with Crippen molar-refractivity contribution in [3.63, 3.8) is 0 Å². The highest BCUT2D eigenvalue weighted by Gasteiger charge is 2.55. The summed E-state index contributed by atoms with van der Waals surface area (Å²) in [5.41, 5.74) is -1.72. The second-order valence-electron chi connectivity index (χ2n) is 6.81. The first-order valence-electron chi connectivity index (χ1n) is 9.68. The van der Waals surface area contributed by atoms with Gasteiger partial charge in [0, 0.05) is 11.1 Å². The Bertz CT molecular complexity index is 1140. The van der Waals surface area contributed by atoms with Crippen LogP contribution in [0.25, 0.3) is 22.3 Å². The van der Waals surface area contributed by atoms with Crippen LogP contribution in [-0.4, -0.2) is 12.6 Å². The minimum absolute atomic E-state index is 0.226. The summed E-state index contributed by atoms with van der Waals surface area (Å²) in [7, 11) is -0.592. The van der Waals surface area contributed by atoms with E-state index in [2.05, 4.69) is 0 Å². The summed E-state index contributed by atoms with van der Waals surface area (Å²) in [6.07, 6.45) is 0. The molecule has 0 aliphatic carbocycles. The molecule has 5 heteroatoms. The minimum Gasteiger partial charge on any atom is -0.496 e. The van der Waals surface area contributed by atoms with Gasteiger partial charge in [0.15, 0.2) is 20.7 Å². The predicted molar refractivity (Wildman–Crippen MR) is 120 cm³/mol. The summed E-state index contributed by atoms with van der Waals surface area (Å²) in [6.45, 7) is 0. The Morgan fingerprint density at radius 3 is 1.58 bits per heavy atom. The van der Waals surface area contributed by atoms with Gasteiger partial charge in [-0.2, -0.15) is 0 Å². The molecule has 4 aromatic rings. The van der Waals surface area contributed by atoms with Crippen molar-refractivity contribution in [1.82, 2.24) is 0 Å². The molecule has 0 saturated heterocycles. The van der Waals surface area contributed by atoms with Crippen LogP contribution in [0.4, 0.5) is 13.2 Å². The van der Waals surface area contributed by atoms with Crippen LogP contribution in [0.1, 0.15) is 0 Å².